The van der Waals surface area contributed by atoms with E-state index in [1.54, 1.807) is 18.3 Å². The van der Waals surface area contributed by atoms with Crippen molar-refractivity contribution in [2.45, 2.75) is 26.7 Å². The summed E-state index contributed by atoms with van der Waals surface area (Å²) in [5, 5.41) is 1.86. The molecule has 0 bridgehead atoms. The molecule has 0 aliphatic carbocycles. The van der Waals surface area contributed by atoms with Crippen LogP contribution in [0.15, 0.2) is 18.3 Å². The summed E-state index contributed by atoms with van der Waals surface area (Å²) in [4.78, 5) is 15.3. The molecule has 4 heteroatoms. The first kappa shape index (κ1) is 13.4. The Labute approximate surface area is 116 Å². The molecule has 96 valence electrons. The minimum Gasteiger partial charge on any atom is -0.360 e. The predicted molar refractivity (Wildman–Crippen MR) is 76.7 cm³/mol. The van der Waals surface area contributed by atoms with Crippen molar-refractivity contribution in [2.24, 2.45) is 5.92 Å². The third-order valence-electron chi connectivity index (χ3n) is 3.23. The number of benzene rings is 1. The number of carbonyl (C=O) groups is 1. The normalized spacial score (nSPS) is 12.9. The highest BCUT2D eigenvalue weighted by molar-refractivity contribution is 6.39. The van der Waals surface area contributed by atoms with E-state index in [0.717, 1.165) is 17.3 Å². The van der Waals surface area contributed by atoms with E-state index in [1.807, 2.05) is 0 Å². The minimum absolute atomic E-state index is 0.125. The van der Waals surface area contributed by atoms with Gasteiger partial charge in [0.15, 0.2) is 5.78 Å². The number of fused-ring (bicyclic) bond motifs is 1. The van der Waals surface area contributed by atoms with E-state index in [-0.39, 0.29) is 5.78 Å². The number of aromatic nitrogens is 1. The van der Waals surface area contributed by atoms with E-state index < -0.39 is 0 Å². The lowest BCUT2D eigenvalue weighted by Crippen LogP contribution is -2.04. The van der Waals surface area contributed by atoms with Crippen LogP contribution in [0.1, 0.15) is 37.0 Å². The maximum atomic E-state index is 12.2. The highest BCUT2D eigenvalue weighted by Crippen LogP contribution is 2.31. The van der Waals surface area contributed by atoms with Crippen LogP contribution in [-0.4, -0.2) is 10.8 Å². The molecule has 0 amide bonds. The molecule has 0 radical (unpaired) electrons. The highest BCUT2D eigenvalue weighted by atomic mass is 35.5. The predicted octanol–water partition coefficient (Wildman–Crippen LogP) is 5.09. The number of carbonyl (C=O) groups excluding carboxylic acids is 1. The Morgan fingerprint density at radius 3 is 2.78 bits per heavy atom. The zero-order chi connectivity index (χ0) is 13.3. The van der Waals surface area contributed by atoms with Crippen molar-refractivity contribution in [1.29, 1.82) is 0 Å². The van der Waals surface area contributed by atoms with Gasteiger partial charge in [-0.05, 0) is 18.1 Å². The number of aromatic amines is 1. The number of rotatable bonds is 4. The second-order valence-corrected chi connectivity index (χ2v) is 5.50. The van der Waals surface area contributed by atoms with Gasteiger partial charge in [0, 0.05) is 34.1 Å². The van der Waals surface area contributed by atoms with Crippen LogP contribution >= 0.6 is 23.2 Å². The van der Waals surface area contributed by atoms with Crippen LogP contribution in [0, 0.1) is 5.92 Å². The molecule has 0 saturated heterocycles. The molecule has 2 rings (SSSR count). The summed E-state index contributed by atoms with van der Waals surface area (Å²) >= 11 is 12.1. The van der Waals surface area contributed by atoms with E-state index in [0.29, 0.717) is 27.9 Å². The van der Waals surface area contributed by atoms with Crippen molar-refractivity contribution < 1.29 is 4.79 Å². The summed E-state index contributed by atoms with van der Waals surface area (Å²) in [6.07, 6.45) is 3.26. The molecule has 1 N–H and O–H groups in total. The van der Waals surface area contributed by atoms with Gasteiger partial charge in [0.05, 0.1) is 5.02 Å². The molecule has 18 heavy (non-hydrogen) atoms. The van der Waals surface area contributed by atoms with Gasteiger partial charge in [0.2, 0.25) is 0 Å². The molecule has 0 spiro atoms. The maximum absolute atomic E-state index is 12.2. The Kier molecular flexibility index (Phi) is 3.98. The molecule has 1 atom stereocenters. The second-order valence-electron chi connectivity index (χ2n) is 4.65. The lowest BCUT2D eigenvalue weighted by molar-refractivity contribution is 0.0965. The van der Waals surface area contributed by atoms with Gasteiger partial charge >= 0.3 is 0 Å². The minimum atomic E-state index is 0.125. The number of Topliss-reactive ketones (excluding diaryl/α,β-unsaturated/α-hetero) is 1. The Bertz CT molecular complexity index is 589. The van der Waals surface area contributed by atoms with Crippen molar-refractivity contribution in [1.82, 2.24) is 4.98 Å². The fourth-order valence-electron chi connectivity index (χ4n) is 1.97. The monoisotopic (exact) mass is 283 g/mol. The summed E-state index contributed by atoms with van der Waals surface area (Å²) in [6.45, 7) is 4.16. The van der Waals surface area contributed by atoms with Crippen LogP contribution in [0.25, 0.3) is 10.9 Å². The summed E-state index contributed by atoms with van der Waals surface area (Å²) < 4.78 is 0. The molecule has 1 aromatic carbocycles. The number of ketones is 1. The number of hydrogen-bond donors (Lipinski definition) is 1. The van der Waals surface area contributed by atoms with Crippen molar-refractivity contribution >= 4 is 39.9 Å². The number of halogens is 2. The molecule has 0 saturated carbocycles. The van der Waals surface area contributed by atoms with Crippen molar-refractivity contribution in [3.05, 3.63) is 33.9 Å². The molecule has 0 fully saturated rings. The quantitative estimate of drug-likeness (QED) is 0.779. The van der Waals surface area contributed by atoms with Gasteiger partial charge in [-0.3, -0.25) is 4.79 Å². The van der Waals surface area contributed by atoms with Gasteiger partial charge in [0.25, 0.3) is 0 Å². The van der Waals surface area contributed by atoms with Crippen LogP contribution in [0.4, 0.5) is 0 Å². The zero-order valence-corrected chi connectivity index (χ0v) is 11.9. The molecule has 1 unspecified atom stereocenters. The maximum Gasteiger partial charge on any atom is 0.165 e. The van der Waals surface area contributed by atoms with E-state index in [4.69, 9.17) is 23.2 Å². The van der Waals surface area contributed by atoms with Crippen LogP contribution in [0.2, 0.25) is 10.0 Å². The number of nitrogens with one attached hydrogen (secondary N) is 1. The highest BCUT2D eigenvalue weighted by Gasteiger charge is 2.16. The summed E-state index contributed by atoms with van der Waals surface area (Å²) in [6, 6.07) is 3.45. The molecule has 2 nitrogen and oxygen atoms in total. The Morgan fingerprint density at radius 1 is 1.39 bits per heavy atom. The lowest BCUT2D eigenvalue weighted by atomic mass is 9.97. The van der Waals surface area contributed by atoms with Crippen LogP contribution < -0.4 is 0 Å². The van der Waals surface area contributed by atoms with Gasteiger partial charge in [-0.15, -0.1) is 0 Å². The number of hydrogen-bond acceptors (Lipinski definition) is 1. The van der Waals surface area contributed by atoms with Crippen molar-refractivity contribution in [2.75, 3.05) is 0 Å². The molecular weight excluding hydrogens is 269 g/mol. The second kappa shape index (κ2) is 5.33. The topological polar surface area (TPSA) is 32.9 Å². The number of H-pyrrole nitrogens is 1. The Hall–Kier alpha value is -0.990. The van der Waals surface area contributed by atoms with Gasteiger partial charge in [0.1, 0.15) is 0 Å². The van der Waals surface area contributed by atoms with Gasteiger partial charge in [-0.25, -0.2) is 0 Å². The molecule has 2 aromatic rings. The van der Waals surface area contributed by atoms with Gasteiger partial charge in [-0.2, -0.15) is 0 Å². The first-order valence-electron chi connectivity index (χ1n) is 6.02. The average molecular weight is 284 g/mol. The summed E-state index contributed by atoms with van der Waals surface area (Å²) in [5.41, 5.74) is 1.46. The first-order chi connectivity index (χ1) is 8.52. The van der Waals surface area contributed by atoms with E-state index in [2.05, 4.69) is 18.8 Å². The third kappa shape index (κ3) is 2.55. The van der Waals surface area contributed by atoms with E-state index in [1.165, 1.54) is 0 Å². The third-order valence-corrected chi connectivity index (χ3v) is 3.74. The SMILES string of the molecule is CCC(C)CC(=O)c1c[nH]c2cc(Cl)cc(Cl)c12. The Morgan fingerprint density at radius 2 is 2.11 bits per heavy atom. The zero-order valence-electron chi connectivity index (χ0n) is 10.4. The fraction of sp³-hybridized carbons (Fsp3) is 0.357. The van der Waals surface area contributed by atoms with E-state index >= 15 is 0 Å². The molecule has 0 aliphatic rings. The van der Waals surface area contributed by atoms with Gasteiger partial charge in [-0.1, -0.05) is 43.5 Å². The molecule has 1 aromatic heterocycles. The largest absolute Gasteiger partial charge is 0.360 e. The van der Waals surface area contributed by atoms with Gasteiger partial charge < -0.3 is 4.98 Å². The van der Waals surface area contributed by atoms with E-state index in [9.17, 15) is 4.79 Å². The van der Waals surface area contributed by atoms with Crippen LogP contribution in [0.3, 0.4) is 0 Å². The van der Waals surface area contributed by atoms with Crippen molar-refractivity contribution in [3.63, 3.8) is 0 Å². The molecule has 1 heterocycles. The summed E-state index contributed by atoms with van der Waals surface area (Å²) in [7, 11) is 0. The summed E-state index contributed by atoms with van der Waals surface area (Å²) in [5.74, 6) is 0.508. The van der Waals surface area contributed by atoms with Crippen LogP contribution in [0.5, 0.6) is 0 Å². The standard InChI is InChI=1S/C14H15Cl2NO/c1-3-8(2)4-13(18)10-7-17-12-6-9(15)5-11(16)14(10)12/h5-8,17H,3-4H2,1-2H3. The lowest BCUT2D eigenvalue weighted by Gasteiger charge is -2.06. The fourth-order valence-corrected chi connectivity index (χ4v) is 2.57. The molecule has 0 aliphatic heterocycles. The smallest absolute Gasteiger partial charge is 0.165 e. The first-order valence-corrected chi connectivity index (χ1v) is 6.77. The van der Waals surface area contributed by atoms with Crippen molar-refractivity contribution in [3.8, 4) is 0 Å². The average Bonchev–Trinajstić information content (AvgIpc) is 2.72. The molecular formula is C14H15Cl2NO. The Balaban J connectivity index is 2.43. The van der Waals surface area contributed by atoms with Crippen LogP contribution in [-0.2, 0) is 0 Å².